The minimum atomic E-state index is -0.277. The number of carbonyl (C=O) groups excluding carboxylic acids is 1. The van der Waals surface area contributed by atoms with Crippen molar-refractivity contribution >= 4 is 12.3 Å². The van der Waals surface area contributed by atoms with Crippen molar-refractivity contribution in [1.29, 1.82) is 0 Å². The summed E-state index contributed by atoms with van der Waals surface area (Å²) in [7, 11) is 0. The number of hydrogen-bond acceptors (Lipinski definition) is 3. The Morgan fingerprint density at radius 2 is 2.00 bits per heavy atom. The fourth-order valence-corrected chi connectivity index (χ4v) is 2.84. The molecule has 142 valence electrons. The second-order valence-corrected chi connectivity index (χ2v) is 8.31. The first-order valence-electron chi connectivity index (χ1n) is 9.47. The van der Waals surface area contributed by atoms with E-state index in [2.05, 4.69) is 46.2 Å². The van der Waals surface area contributed by atoms with E-state index in [0.29, 0.717) is 18.6 Å². The van der Waals surface area contributed by atoms with Crippen LogP contribution in [0.4, 0.5) is 4.79 Å². The third-order valence-electron chi connectivity index (χ3n) is 5.21. The molecule has 25 heavy (non-hydrogen) atoms. The monoisotopic (exact) mass is 348 g/mol. The summed E-state index contributed by atoms with van der Waals surface area (Å²) in [6.45, 7) is 17.9. The highest BCUT2D eigenvalue weighted by atomic mass is 16.6. The van der Waals surface area contributed by atoms with Crippen LogP contribution in [0.25, 0.3) is 0 Å². The van der Waals surface area contributed by atoms with Gasteiger partial charge in [-0.05, 0) is 38.0 Å². The van der Waals surface area contributed by atoms with E-state index < -0.39 is 0 Å². The Balaban J connectivity index is 2.91. The minimum absolute atomic E-state index is 0.0928. The molecule has 4 heteroatoms. The lowest BCUT2D eigenvalue weighted by Gasteiger charge is -2.32. The first-order valence-corrected chi connectivity index (χ1v) is 9.47. The van der Waals surface area contributed by atoms with E-state index in [4.69, 9.17) is 4.74 Å². The van der Waals surface area contributed by atoms with E-state index in [9.17, 15) is 4.79 Å². The average molecular weight is 349 g/mol. The Hall–Kier alpha value is -1.58. The van der Waals surface area contributed by atoms with E-state index in [-0.39, 0.29) is 11.5 Å². The van der Waals surface area contributed by atoms with Gasteiger partial charge in [-0.2, -0.15) is 0 Å². The van der Waals surface area contributed by atoms with Crippen molar-refractivity contribution in [3.8, 4) is 0 Å². The molecular formula is C21H36N2O2. The van der Waals surface area contributed by atoms with Crippen LogP contribution in [-0.2, 0) is 4.74 Å². The lowest BCUT2D eigenvalue weighted by molar-refractivity contribution is 0.0976. The maximum Gasteiger partial charge on any atom is 0.414 e. The molecule has 0 aromatic heterocycles. The van der Waals surface area contributed by atoms with Gasteiger partial charge in [-0.15, -0.1) is 0 Å². The number of ether oxygens (including phenoxy) is 1. The van der Waals surface area contributed by atoms with Crippen molar-refractivity contribution in [1.82, 2.24) is 4.90 Å². The molecule has 0 bridgehead atoms. The summed E-state index contributed by atoms with van der Waals surface area (Å²) in [6.07, 6.45) is 8.64. The van der Waals surface area contributed by atoms with E-state index in [1.807, 2.05) is 13.0 Å². The topological polar surface area (TPSA) is 41.9 Å². The molecular weight excluding hydrogens is 312 g/mol. The zero-order valence-corrected chi connectivity index (χ0v) is 17.0. The largest absolute Gasteiger partial charge is 0.449 e. The number of rotatable bonds is 4. The Morgan fingerprint density at radius 1 is 1.36 bits per heavy atom. The number of carbonyl (C=O) groups is 1. The molecule has 4 nitrogen and oxygen atoms in total. The summed E-state index contributed by atoms with van der Waals surface area (Å²) in [5.41, 5.74) is 1.80. The summed E-state index contributed by atoms with van der Waals surface area (Å²) in [6, 6.07) is 0. The van der Waals surface area contributed by atoms with Crippen LogP contribution in [0.5, 0.6) is 0 Å². The van der Waals surface area contributed by atoms with Crippen molar-refractivity contribution in [3.63, 3.8) is 0 Å². The molecule has 1 fully saturated rings. The van der Waals surface area contributed by atoms with Gasteiger partial charge < -0.3 is 4.74 Å². The van der Waals surface area contributed by atoms with Gasteiger partial charge in [-0.3, -0.25) is 9.89 Å². The van der Waals surface area contributed by atoms with Crippen molar-refractivity contribution in [2.24, 2.45) is 15.8 Å². The summed E-state index contributed by atoms with van der Waals surface area (Å²) in [5, 5.41) is 0. The van der Waals surface area contributed by atoms with Gasteiger partial charge in [0.25, 0.3) is 0 Å². The van der Waals surface area contributed by atoms with Crippen molar-refractivity contribution in [3.05, 3.63) is 24.0 Å². The van der Waals surface area contributed by atoms with Crippen LogP contribution in [0.1, 0.15) is 73.6 Å². The molecule has 1 aliphatic heterocycles. The standard InChI is InChI=1S/C21H36N2O2/c1-8-18(16-22-17(3)20(4,5)6)23-14-10-12-21(7,9-2)13-11-15-25-19(23)24/h8,16H,3,9-15H2,1-2,4-7H3/b18-8+,22-16?. The van der Waals surface area contributed by atoms with Gasteiger partial charge in [0.15, 0.2) is 0 Å². The van der Waals surface area contributed by atoms with Gasteiger partial charge in [0.2, 0.25) is 0 Å². The third kappa shape index (κ3) is 6.68. The van der Waals surface area contributed by atoms with Crippen molar-refractivity contribution in [2.45, 2.75) is 73.6 Å². The van der Waals surface area contributed by atoms with Crippen LogP contribution >= 0.6 is 0 Å². The fraction of sp³-hybridized carbons (Fsp3) is 0.714. The molecule has 0 radical (unpaired) electrons. The van der Waals surface area contributed by atoms with Gasteiger partial charge >= 0.3 is 6.09 Å². The number of cyclic esters (lactones) is 1. The molecule has 1 atom stereocenters. The van der Waals surface area contributed by atoms with Crippen molar-refractivity contribution < 1.29 is 9.53 Å². The van der Waals surface area contributed by atoms with E-state index in [1.54, 1.807) is 11.1 Å². The highest BCUT2D eigenvalue weighted by Crippen LogP contribution is 2.33. The highest BCUT2D eigenvalue weighted by Gasteiger charge is 2.26. The maximum absolute atomic E-state index is 12.5. The Labute approximate surface area is 154 Å². The number of aliphatic imine (C=N–C) groups is 1. The average Bonchev–Trinajstić information content (AvgIpc) is 2.55. The van der Waals surface area contributed by atoms with E-state index in [1.165, 1.54) is 0 Å². The summed E-state index contributed by atoms with van der Waals surface area (Å²) < 4.78 is 5.49. The predicted molar refractivity (Wildman–Crippen MR) is 106 cm³/mol. The fourth-order valence-electron chi connectivity index (χ4n) is 2.84. The second-order valence-electron chi connectivity index (χ2n) is 8.31. The van der Waals surface area contributed by atoms with Crippen LogP contribution < -0.4 is 0 Å². The number of amides is 1. The molecule has 0 aliphatic carbocycles. The Morgan fingerprint density at radius 3 is 2.56 bits per heavy atom. The van der Waals surface area contributed by atoms with Gasteiger partial charge in [0, 0.05) is 17.7 Å². The lowest BCUT2D eigenvalue weighted by atomic mass is 9.78. The number of allylic oxidation sites excluding steroid dienone is 3. The zero-order valence-electron chi connectivity index (χ0n) is 17.0. The van der Waals surface area contributed by atoms with Crippen LogP contribution in [0.15, 0.2) is 29.0 Å². The number of nitrogens with zero attached hydrogens (tertiary/aromatic N) is 2. The van der Waals surface area contributed by atoms with Gasteiger partial charge in [0.1, 0.15) is 0 Å². The Bertz CT molecular complexity index is 529. The molecule has 0 aromatic rings. The maximum atomic E-state index is 12.5. The van der Waals surface area contributed by atoms with Gasteiger partial charge in [0.05, 0.1) is 18.5 Å². The molecule has 0 N–H and O–H groups in total. The molecule has 1 saturated heterocycles. The Kier molecular flexibility index (Phi) is 7.91. The molecule has 1 aliphatic rings. The smallest absolute Gasteiger partial charge is 0.414 e. The van der Waals surface area contributed by atoms with Crippen LogP contribution in [0.2, 0.25) is 0 Å². The molecule has 1 rings (SSSR count). The minimum Gasteiger partial charge on any atom is -0.449 e. The van der Waals surface area contributed by atoms with E-state index in [0.717, 1.165) is 43.5 Å². The quantitative estimate of drug-likeness (QED) is 0.589. The van der Waals surface area contributed by atoms with Crippen LogP contribution in [-0.4, -0.2) is 30.4 Å². The van der Waals surface area contributed by atoms with Crippen molar-refractivity contribution in [2.75, 3.05) is 13.2 Å². The normalized spacial score (nSPS) is 24.3. The molecule has 0 aromatic carbocycles. The lowest BCUT2D eigenvalue weighted by Crippen LogP contribution is -2.34. The van der Waals surface area contributed by atoms with Gasteiger partial charge in [-0.25, -0.2) is 4.79 Å². The van der Waals surface area contributed by atoms with Crippen LogP contribution in [0.3, 0.4) is 0 Å². The molecule has 1 amide bonds. The first kappa shape index (κ1) is 21.5. The second kappa shape index (κ2) is 9.21. The number of hydrogen-bond donors (Lipinski definition) is 0. The van der Waals surface area contributed by atoms with Gasteiger partial charge in [-0.1, -0.05) is 53.7 Å². The predicted octanol–water partition coefficient (Wildman–Crippen LogP) is 5.95. The summed E-state index contributed by atoms with van der Waals surface area (Å²) >= 11 is 0. The first-order chi connectivity index (χ1) is 11.6. The molecule has 1 unspecified atom stereocenters. The zero-order chi connectivity index (χ0) is 19.1. The molecule has 0 saturated carbocycles. The highest BCUT2D eigenvalue weighted by molar-refractivity contribution is 5.85. The van der Waals surface area contributed by atoms with Crippen LogP contribution in [0, 0.1) is 10.8 Å². The molecule has 1 heterocycles. The summed E-state index contributed by atoms with van der Waals surface area (Å²) in [4.78, 5) is 18.7. The van der Waals surface area contributed by atoms with E-state index >= 15 is 0 Å². The molecule has 0 spiro atoms. The summed E-state index contributed by atoms with van der Waals surface area (Å²) in [5.74, 6) is 0. The third-order valence-corrected chi connectivity index (χ3v) is 5.21. The SMILES string of the molecule is C=C(N=C/C(=C\C)N1CCCC(C)(CC)CCCOC1=O)C(C)(C)C.